The Bertz CT molecular complexity index is 556. The molecule has 28 heavy (non-hydrogen) atoms. The molecule has 2 N–H and O–H groups in total. The van der Waals surface area contributed by atoms with Crippen molar-refractivity contribution in [1.29, 1.82) is 0 Å². The van der Waals surface area contributed by atoms with E-state index in [1.165, 1.54) is 0 Å². The molecule has 1 aliphatic rings. The first-order valence-electron chi connectivity index (χ1n) is 9.60. The van der Waals surface area contributed by atoms with Gasteiger partial charge in [-0.2, -0.15) is 0 Å². The first kappa shape index (κ1) is 24.9. The van der Waals surface area contributed by atoms with Gasteiger partial charge in [-0.25, -0.2) is 9.98 Å². The van der Waals surface area contributed by atoms with Crippen molar-refractivity contribution in [1.82, 2.24) is 15.6 Å². The van der Waals surface area contributed by atoms with Gasteiger partial charge < -0.3 is 29.6 Å². The van der Waals surface area contributed by atoms with Gasteiger partial charge in [-0.15, -0.1) is 24.0 Å². The number of halogens is 1. The zero-order chi connectivity index (χ0) is 19.2. The number of ether oxygens (including phenoxy) is 4. The Balaban J connectivity index is 0.00000392. The Morgan fingerprint density at radius 1 is 1.32 bits per heavy atom. The van der Waals surface area contributed by atoms with E-state index in [1.807, 2.05) is 19.1 Å². The third kappa shape index (κ3) is 9.85. The summed E-state index contributed by atoms with van der Waals surface area (Å²) in [5, 5.41) is 6.59. The molecule has 1 aromatic heterocycles. The zero-order valence-electron chi connectivity index (χ0n) is 16.8. The molecule has 0 aromatic carbocycles. The summed E-state index contributed by atoms with van der Waals surface area (Å²) < 4.78 is 21.8. The summed E-state index contributed by atoms with van der Waals surface area (Å²) in [6.45, 7) is 7.37. The second-order valence-corrected chi connectivity index (χ2v) is 6.14. The number of hydrogen-bond acceptors (Lipinski definition) is 6. The Kier molecular flexibility index (Phi) is 14.0. The van der Waals surface area contributed by atoms with Gasteiger partial charge in [0.1, 0.15) is 6.61 Å². The fourth-order valence-electron chi connectivity index (χ4n) is 2.58. The summed E-state index contributed by atoms with van der Waals surface area (Å²) >= 11 is 0. The second kappa shape index (κ2) is 15.7. The summed E-state index contributed by atoms with van der Waals surface area (Å²) in [6, 6.07) is 3.86. The van der Waals surface area contributed by atoms with Gasteiger partial charge in [0.2, 0.25) is 5.88 Å². The normalized spacial score (nSPS) is 16.5. The van der Waals surface area contributed by atoms with E-state index in [0.29, 0.717) is 25.6 Å². The minimum absolute atomic E-state index is 0. The Hall–Kier alpha value is -1.17. The first-order valence-corrected chi connectivity index (χ1v) is 9.60. The van der Waals surface area contributed by atoms with Crippen molar-refractivity contribution in [2.45, 2.75) is 32.4 Å². The Labute approximate surface area is 184 Å². The fraction of sp³-hybridized carbons (Fsp3) is 0.684. The van der Waals surface area contributed by atoms with Crippen LogP contribution in [0.15, 0.2) is 23.3 Å². The molecule has 0 saturated carbocycles. The highest BCUT2D eigenvalue weighted by Gasteiger charge is 2.15. The van der Waals surface area contributed by atoms with Gasteiger partial charge in [0, 0.05) is 45.2 Å². The topological polar surface area (TPSA) is 86.2 Å². The van der Waals surface area contributed by atoms with Gasteiger partial charge >= 0.3 is 0 Å². The van der Waals surface area contributed by atoms with Crippen LogP contribution in [-0.4, -0.2) is 70.3 Å². The molecule has 0 amide bonds. The van der Waals surface area contributed by atoms with Crippen LogP contribution in [0.3, 0.4) is 0 Å². The number of aliphatic imine (C=N–C) groups is 1. The van der Waals surface area contributed by atoms with Crippen LogP contribution in [0.25, 0.3) is 0 Å². The van der Waals surface area contributed by atoms with E-state index in [2.05, 4.69) is 20.6 Å². The van der Waals surface area contributed by atoms with Crippen LogP contribution in [0.4, 0.5) is 0 Å². The molecule has 1 saturated heterocycles. The van der Waals surface area contributed by atoms with E-state index < -0.39 is 0 Å². The highest BCUT2D eigenvalue weighted by molar-refractivity contribution is 14.0. The van der Waals surface area contributed by atoms with Crippen molar-refractivity contribution in [2.24, 2.45) is 4.99 Å². The second-order valence-electron chi connectivity index (χ2n) is 6.14. The summed E-state index contributed by atoms with van der Waals surface area (Å²) in [4.78, 5) is 8.91. The van der Waals surface area contributed by atoms with Crippen molar-refractivity contribution in [3.63, 3.8) is 0 Å². The predicted octanol–water partition coefficient (Wildman–Crippen LogP) is 1.98. The smallest absolute Gasteiger partial charge is 0.218 e. The van der Waals surface area contributed by atoms with E-state index >= 15 is 0 Å². The molecule has 1 aromatic rings. The summed E-state index contributed by atoms with van der Waals surface area (Å²) in [5.74, 6) is 1.37. The lowest BCUT2D eigenvalue weighted by molar-refractivity contribution is 0.0420. The van der Waals surface area contributed by atoms with Crippen LogP contribution in [0.2, 0.25) is 0 Å². The standard InChI is InChI=1S/C19H32N4O4.HI/c1-3-20-19(22-9-5-10-26-17-7-11-25-15-17)23-14-16-6-4-8-21-18(16)27-13-12-24-2;/h4,6,8,17H,3,5,7,9-15H2,1-2H3,(H2,20,22,23);1H. The van der Waals surface area contributed by atoms with Gasteiger partial charge in [0.25, 0.3) is 0 Å². The average Bonchev–Trinajstić information content (AvgIpc) is 3.20. The monoisotopic (exact) mass is 508 g/mol. The predicted molar refractivity (Wildman–Crippen MR) is 120 cm³/mol. The number of nitrogens with zero attached hydrogens (tertiary/aromatic N) is 2. The van der Waals surface area contributed by atoms with Gasteiger partial charge in [-0.1, -0.05) is 6.07 Å². The van der Waals surface area contributed by atoms with Gasteiger partial charge in [0.15, 0.2) is 5.96 Å². The fourth-order valence-corrected chi connectivity index (χ4v) is 2.58. The van der Waals surface area contributed by atoms with Crippen molar-refractivity contribution in [2.75, 3.05) is 53.2 Å². The maximum absolute atomic E-state index is 5.78. The van der Waals surface area contributed by atoms with Crippen LogP contribution in [-0.2, 0) is 20.8 Å². The van der Waals surface area contributed by atoms with Crippen LogP contribution < -0.4 is 15.4 Å². The number of rotatable bonds is 12. The number of pyridine rings is 1. The third-order valence-electron chi connectivity index (χ3n) is 3.98. The number of nitrogens with one attached hydrogen (secondary N) is 2. The maximum atomic E-state index is 5.78. The van der Waals surface area contributed by atoms with E-state index in [0.717, 1.165) is 57.3 Å². The number of hydrogen-bond donors (Lipinski definition) is 2. The average molecular weight is 508 g/mol. The van der Waals surface area contributed by atoms with Crippen LogP contribution in [0.1, 0.15) is 25.3 Å². The van der Waals surface area contributed by atoms with E-state index in [1.54, 1.807) is 13.3 Å². The quantitative estimate of drug-likeness (QED) is 0.193. The molecule has 9 heteroatoms. The van der Waals surface area contributed by atoms with Crippen molar-refractivity contribution < 1.29 is 18.9 Å². The number of guanidine groups is 1. The molecule has 1 atom stereocenters. The minimum atomic E-state index is 0. The van der Waals surface area contributed by atoms with Crippen LogP contribution in [0, 0.1) is 0 Å². The molecule has 1 unspecified atom stereocenters. The highest BCUT2D eigenvalue weighted by atomic mass is 127. The summed E-state index contributed by atoms with van der Waals surface area (Å²) in [6.07, 6.45) is 3.89. The van der Waals surface area contributed by atoms with Crippen LogP contribution >= 0.6 is 24.0 Å². The first-order chi connectivity index (χ1) is 13.3. The number of aromatic nitrogens is 1. The van der Waals surface area contributed by atoms with Crippen LogP contribution in [0.5, 0.6) is 5.88 Å². The maximum Gasteiger partial charge on any atom is 0.218 e. The largest absolute Gasteiger partial charge is 0.475 e. The molecule has 8 nitrogen and oxygen atoms in total. The lowest BCUT2D eigenvalue weighted by atomic mass is 10.3. The third-order valence-corrected chi connectivity index (χ3v) is 3.98. The molecular formula is C19H33IN4O4. The molecule has 0 spiro atoms. The van der Waals surface area contributed by atoms with Gasteiger partial charge in [0.05, 0.1) is 25.9 Å². The Morgan fingerprint density at radius 3 is 2.96 bits per heavy atom. The highest BCUT2D eigenvalue weighted by Crippen LogP contribution is 2.15. The SMILES string of the molecule is CCNC(=NCc1cccnc1OCCOC)NCCCOC1CCOC1.I. The molecule has 0 aliphatic carbocycles. The summed E-state index contributed by atoms with van der Waals surface area (Å²) in [7, 11) is 1.65. The number of methoxy groups -OCH3 is 1. The van der Waals surface area contributed by atoms with Crippen molar-refractivity contribution in [3.8, 4) is 5.88 Å². The van der Waals surface area contributed by atoms with E-state index in [-0.39, 0.29) is 30.1 Å². The molecule has 0 bridgehead atoms. The molecule has 1 fully saturated rings. The van der Waals surface area contributed by atoms with E-state index in [4.69, 9.17) is 18.9 Å². The molecule has 2 heterocycles. The lowest BCUT2D eigenvalue weighted by Crippen LogP contribution is -2.38. The molecule has 160 valence electrons. The molecule has 1 aliphatic heterocycles. The molecule has 2 rings (SSSR count). The van der Waals surface area contributed by atoms with E-state index in [9.17, 15) is 0 Å². The van der Waals surface area contributed by atoms with Gasteiger partial charge in [-0.3, -0.25) is 0 Å². The zero-order valence-corrected chi connectivity index (χ0v) is 19.1. The molecule has 0 radical (unpaired) electrons. The lowest BCUT2D eigenvalue weighted by Gasteiger charge is -2.13. The van der Waals surface area contributed by atoms with Gasteiger partial charge in [-0.05, 0) is 25.8 Å². The molecular weight excluding hydrogens is 475 g/mol. The van der Waals surface area contributed by atoms with Crippen molar-refractivity contribution >= 4 is 29.9 Å². The summed E-state index contributed by atoms with van der Waals surface area (Å²) in [5.41, 5.74) is 0.940. The minimum Gasteiger partial charge on any atom is -0.475 e. The van der Waals surface area contributed by atoms with Crippen molar-refractivity contribution in [3.05, 3.63) is 23.9 Å². The Morgan fingerprint density at radius 2 is 2.21 bits per heavy atom.